The Kier molecular flexibility index (Phi) is 3.33. The number of benzene rings is 1. The fraction of sp³-hybridized carbons (Fsp3) is 0.231. The van der Waals surface area contributed by atoms with Crippen LogP contribution in [0, 0.1) is 0 Å². The van der Waals surface area contributed by atoms with Gasteiger partial charge in [0.25, 0.3) is 0 Å². The third-order valence-electron chi connectivity index (χ3n) is 2.96. The third-order valence-corrected chi connectivity index (χ3v) is 3.19. The molecule has 0 saturated heterocycles. The van der Waals surface area contributed by atoms with Crippen molar-refractivity contribution in [3.63, 3.8) is 0 Å². The second kappa shape index (κ2) is 5.15. The molecule has 7 heteroatoms. The lowest BCUT2D eigenvalue weighted by Crippen LogP contribution is -2.19. The molecule has 0 aliphatic carbocycles. The van der Waals surface area contributed by atoms with Gasteiger partial charge >= 0.3 is 0 Å². The summed E-state index contributed by atoms with van der Waals surface area (Å²) in [6.45, 7) is 1.51. The Bertz CT molecular complexity index is 770. The molecule has 6 nitrogen and oxygen atoms in total. The fourth-order valence-electron chi connectivity index (χ4n) is 2.02. The van der Waals surface area contributed by atoms with E-state index in [2.05, 4.69) is 20.6 Å². The predicted octanol–water partition coefficient (Wildman–Crippen LogP) is 2.24. The van der Waals surface area contributed by atoms with Crippen molar-refractivity contribution in [2.45, 2.75) is 0 Å². The van der Waals surface area contributed by atoms with Gasteiger partial charge in [-0.3, -0.25) is 0 Å². The van der Waals surface area contributed by atoms with E-state index in [9.17, 15) is 0 Å². The van der Waals surface area contributed by atoms with Crippen molar-refractivity contribution in [3.05, 3.63) is 23.2 Å². The molecule has 3 rings (SSSR count). The van der Waals surface area contributed by atoms with E-state index in [1.807, 2.05) is 13.1 Å². The van der Waals surface area contributed by atoms with Gasteiger partial charge in [0, 0.05) is 23.5 Å². The van der Waals surface area contributed by atoms with Crippen LogP contribution >= 0.6 is 11.6 Å². The molecular weight excluding hydrogens is 278 g/mol. The number of aromatic nitrogens is 2. The maximum absolute atomic E-state index is 6.02. The van der Waals surface area contributed by atoms with Crippen molar-refractivity contribution in [1.82, 2.24) is 15.3 Å². The molecule has 0 bridgehead atoms. The smallest absolute Gasteiger partial charge is 0.225 e. The zero-order chi connectivity index (χ0) is 14.1. The van der Waals surface area contributed by atoms with Gasteiger partial charge in [-0.25, -0.2) is 4.98 Å². The Morgan fingerprint density at radius 1 is 1.30 bits per heavy atom. The van der Waals surface area contributed by atoms with Crippen LogP contribution in [0.25, 0.3) is 22.1 Å². The van der Waals surface area contributed by atoms with Crippen molar-refractivity contribution < 1.29 is 4.42 Å². The Labute approximate surface area is 120 Å². The first-order valence-electron chi connectivity index (χ1n) is 6.23. The Balaban J connectivity index is 2.12. The number of likely N-dealkylation sites (N-methyl/N-ethyl adjacent to an activating group) is 1. The number of nitrogens with two attached hydrogens (primary N) is 1. The molecule has 20 heavy (non-hydrogen) atoms. The van der Waals surface area contributed by atoms with Gasteiger partial charge in [-0.15, -0.1) is 0 Å². The average Bonchev–Trinajstić information content (AvgIpc) is 2.78. The normalized spacial score (nSPS) is 11.3. The Morgan fingerprint density at radius 2 is 2.15 bits per heavy atom. The van der Waals surface area contributed by atoms with Crippen molar-refractivity contribution in [3.8, 4) is 0 Å². The first kappa shape index (κ1) is 13.0. The molecule has 0 unspecified atom stereocenters. The fourth-order valence-corrected chi connectivity index (χ4v) is 2.19. The standard InChI is InChI=1S/C13H14ClN5O/c1-16-4-5-17-13-18-10-8-6-7(14)2-3-9(8)20-11(10)12(15)19-13/h2-3,6,16H,4-5H2,1H3,(H3,15,17,18,19). The Hall–Kier alpha value is -2.05. The maximum Gasteiger partial charge on any atom is 0.225 e. The molecule has 104 valence electrons. The van der Waals surface area contributed by atoms with Gasteiger partial charge in [0.2, 0.25) is 5.95 Å². The number of hydrogen-bond donors (Lipinski definition) is 3. The molecule has 0 aliphatic heterocycles. The van der Waals surface area contributed by atoms with E-state index in [4.69, 9.17) is 21.8 Å². The van der Waals surface area contributed by atoms with E-state index in [0.29, 0.717) is 40.0 Å². The van der Waals surface area contributed by atoms with Crippen LogP contribution in [0.3, 0.4) is 0 Å². The lowest BCUT2D eigenvalue weighted by Gasteiger charge is -2.04. The second-order valence-corrected chi connectivity index (χ2v) is 4.82. The van der Waals surface area contributed by atoms with Crippen LogP contribution in [0.15, 0.2) is 22.6 Å². The van der Waals surface area contributed by atoms with Crippen LogP contribution in [0.5, 0.6) is 0 Å². The van der Waals surface area contributed by atoms with Crippen molar-refractivity contribution in [1.29, 1.82) is 0 Å². The number of nitrogens with zero attached hydrogens (tertiary/aromatic N) is 2. The van der Waals surface area contributed by atoms with Crippen LogP contribution in [0.4, 0.5) is 11.8 Å². The molecule has 0 radical (unpaired) electrons. The summed E-state index contributed by atoms with van der Waals surface area (Å²) in [5, 5.41) is 7.60. The monoisotopic (exact) mass is 291 g/mol. The number of fused-ring (bicyclic) bond motifs is 3. The third kappa shape index (κ3) is 2.23. The Morgan fingerprint density at radius 3 is 2.95 bits per heavy atom. The summed E-state index contributed by atoms with van der Waals surface area (Å²) in [4.78, 5) is 8.65. The topological polar surface area (TPSA) is 89.0 Å². The highest BCUT2D eigenvalue weighted by Gasteiger charge is 2.14. The highest BCUT2D eigenvalue weighted by molar-refractivity contribution is 6.31. The molecule has 0 aliphatic rings. The molecular formula is C13H14ClN5O. The summed E-state index contributed by atoms with van der Waals surface area (Å²) >= 11 is 6.02. The number of nitrogens with one attached hydrogen (secondary N) is 2. The molecule has 1 aromatic carbocycles. The molecule has 3 aromatic rings. The van der Waals surface area contributed by atoms with Gasteiger partial charge < -0.3 is 20.8 Å². The van der Waals surface area contributed by atoms with Crippen molar-refractivity contribution in [2.75, 3.05) is 31.2 Å². The molecule has 0 atom stereocenters. The molecule has 0 spiro atoms. The highest BCUT2D eigenvalue weighted by atomic mass is 35.5. The lowest BCUT2D eigenvalue weighted by molar-refractivity contribution is 0.667. The van der Waals surface area contributed by atoms with E-state index < -0.39 is 0 Å². The van der Waals surface area contributed by atoms with E-state index in [1.165, 1.54) is 0 Å². The summed E-state index contributed by atoms with van der Waals surface area (Å²) in [5.74, 6) is 0.794. The number of hydrogen-bond acceptors (Lipinski definition) is 6. The highest BCUT2D eigenvalue weighted by Crippen LogP contribution is 2.32. The summed E-state index contributed by atoms with van der Waals surface area (Å²) in [5.41, 5.74) is 7.78. The van der Waals surface area contributed by atoms with E-state index in [-0.39, 0.29) is 0 Å². The number of furan rings is 1. The summed E-state index contributed by atoms with van der Waals surface area (Å²) in [6, 6.07) is 5.38. The van der Waals surface area contributed by atoms with Crippen LogP contribution in [-0.2, 0) is 0 Å². The summed E-state index contributed by atoms with van der Waals surface area (Å²) < 4.78 is 5.67. The molecule has 4 N–H and O–H groups in total. The quantitative estimate of drug-likeness (QED) is 0.639. The van der Waals surface area contributed by atoms with Crippen LogP contribution in [-0.4, -0.2) is 30.1 Å². The minimum Gasteiger partial charge on any atom is -0.450 e. The second-order valence-electron chi connectivity index (χ2n) is 4.38. The zero-order valence-corrected chi connectivity index (χ0v) is 11.7. The summed E-state index contributed by atoms with van der Waals surface area (Å²) in [7, 11) is 1.88. The van der Waals surface area contributed by atoms with E-state index in [1.54, 1.807) is 12.1 Å². The predicted molar refractivity (Wildman–Crippen MR) is 81.1 cm³/mol. The van der Waals surface area contributed by atoms with Gasteiger partial charge in [-0.1, -0.05) is 11.6 Å². The number of anilines is 2. The van der Waals surface area contributed by atoms with Crippen LogP contribution in [0.2, 0.25) is 5.02 Å². The van der Waals surface area contributed by atoms with Gasteiger partial charge in [0.05, 0.1) is 0 Å². The first-order valence-corrected chi connectivity index (χ1v) is 6.60. The van der Waals surface area contributed by atoms with Crippen molar-refractivity contribution in [2.24, 2.45) is 0 Å². The maximum atomic E-state index is 6.02. The number of halogens is 1. The minimum atomic E-state index is 0.314. The van der Waals surface area contributed by atoms with Crippen LogP contribution < -0.4 is 16.4 Å². The molecule has 0 saturated carbocycles. The summed E-state index contributed by atoms with van der Waals surface area (Å²) in [6.07, 6.45) is 0. The lowest BCUT2D eigenvalue weighted by atomic mass is 10.2. The molecule has 2 aromatic heterocycles. The van der Waals surface area contributed by atoms with Crippen molar-refractivity contribution >= 4 is 45.4 Å². The van der Waals surface area contributed by atoms with E-state index in [0.717, 1.165) is 11.9 Å². The zero-order valence-electron chi connectivity index (χ0n) is 10.9. The van der Waals surface area contributed by atoms with Gasteiger partial charge in [-0.2, -0.15) is 4.98 Å². The number of nitrogen functional groups attached to an aromatic ring is 1. The van der Waals surface area contributed by atoms with Gasteiger partial charge in [0.15, 0.2) is 11.4 Å². The van der Waals surface area contributed by atoms with Gasteiger partial charge in [-0.05, 0) is 25.2 Å². The average molecular weight is 292 g/mol. The van der Waals surface area contributed by atoms with Gasteiger partial charge in [0.1, 0.15) is 11.1 Å². The largest absolute Gasteiger partial charge is 0.450 e. The minimum absolute atomic E-state index is 0.314. The van der Waals surface area contributed by atoms with Crippen LogP contribution in [0.1, 0.15) is 0 Å². The first-order chi connectivity index (χ1) is 9.69. The molecule has 0 amide bonds. The molecule has 0 fully saturated rings. The number of rotatable bonds is 4. The SMILES string of the molecule is CNCCNc1nc(N)c2oc3ccc(Cl)cc3c2n1. The van der Waals surface area contributed by atoms with E-state index >= 15 is 0 Å². The molecule has 2 heterocycles.